The molecule has 0 fully saturated rings. The maximum Gasteiger partial charge on any atom is 0.369 e. The van der Waals surface area contributed by atoms with Crippen molar-refractivity contribution in [1.82, 2.24) is 5.32 Å². The van der Waals surface area contributed by atoms with Crippen LogP contribution >= 0.6 is 15.2 Å². The van der Waals surface area contributed by atoms with Crippen molar-refractivity contribution < 1.29 is 38.6 Å². The van der Waals surface area contributed by atoms with Crippen LogP contribution < -0.4 is 5.32 Å². The quantitative estimate of drug-likeness (QED) is 0.207. The first-order valence-electron chi connectivity index (χ1n) is 5.10. The van der Waals surface area contributed by atoms with E-state index in [1.54, 1.807) is 0 Å². The predicted octanol–water partition coefficient (Wildman–Crippen LogP) is -0.540. The van der Waals surface area contributed by atoms with Crippen LogP contribution in [0.5, 0.6) is 0 Å². The van der Waals surface area contributed by atoms with Crippen molar-refractivity contribution in [2.24, 2.45) is 0 Å². The van der Waals surface area contributed by atoms with Crippen molar-refractivity contribution in [1.29, 1.82) is 0 Å². The zero-order chi connectivity index (χ0) is 15.5. The van der Waals surface area contributed by atoms with E-state index in [-0.39, 0.29) is 18.5 Å². The lowest BCUT2D eigenvalue weighted by atomic mass is 10.3. The van der Waals surface area contributed by atoms with Crippen molar-refractivity contribution in [3.8, 4) is 0 Å². The van der Waals surface area contributed by atoms with Crippen LogP contribution in [0.3, 0.4) is 0 Å². The van der Waals surface area contributed by atoms with Crippen LogP contribution in [-0.2, 0) is 13.9 Å². The average molecular weight is 317 g/mol. The number of amides is 1. The van der Waals surface area contributed by atoms with Crippen LogP contribution in [-0.4, -0.2) is 42.2 Å². The summed E-state index contributed by atoms with van der Waals surface area (Å²) in [5.74, 6) is -0.504. The second-order valence-corrected chi connectivity index (χ2v) is 8.01. The third-order valence-corrected chi connectivity index (χ3v) is 6.17. The van der Waals surface area contributed by atoms with Gasteiger partial charge in [0.15, 0.2) is 0 Å². The maximum absolute atomic E-state index is 11.1. The van der Waals surface area contributed by atoms with E-state index in [9.17, 15) is 19.0 Å². The van der Waals surface area contributed by atoms with E-state index in [4.69, 9.17) is 19.6 Å². The first kappa shape index (κ1) is 18.5. The fraction of sp³-hybridized carbons (Fsp3) is 0.625. The van der Waals surface area contributed by atoms with E-state index in [0.717, 1.165) is 0 Å². The molecule has 11 heteroatoms. The van der Waals surface area contributed by atoms with Crippen LogP contribution in [0.4, 0.5) is 0 Å². The Balaban J connectivity index is 4.66. The topological polar surface area (TPSA) is 164 Å². The summed E-state index contributed by atoms with van der Waals surface area (Å²) in [4.78, 5) is 46.4. The fourth-order valence-corrected chi connectivity index (χ4v) is 3.40. The van der Waals surface area contributed by atoms with Gasteiger partial charge in [-0.2, -0.15) is 0 Å². The van der Waals surface area contributed by atoms with Crippen molar-refractivity contribution in [3.05, 3.63) is 12.2 Å². The van der Waals surface area contributed by atoms with Crippen LogP contribution in [0, 0.1) is 0 Å². The molecule has 0 unspecified atom stereocenters. The van der Waals surface area contributed by atoms with Crippen molar-refractivity contribution >= 4 is 21.1 Å². The minimum atomic E-state index is -5.43. The molecule has 0 radical (unpaired) electrons. The lowest BCUT2D eigenvalue weighted by molar-refractivity contribution is -0.117. The molecule has 0 spiro atoms. The number of carbonyl (C=O) groups is 1. The molecule has 0 aliphatic heterocycles. The Labute approximate surface area is 109 Å². The normalized spacial score (nSPS) is 13.2. The van der Waals surface area contributed by atoms with Gasteiger partial charge < -0.3 is 30.0 Å². The molecule has 112 valence electrons. The molecule has 0 atom stereocenters. The fourth-order valence-electron chi connectivity index (χ4n) is 1.14. The molecule has 6 N–H and O–H groups in total. The van der Waals surface area contributed by atoms with Gasteiger partial charge in [0, 0.05) is 18.5 Å². The molecular weight excluding hydrogens is 300 g/mol. The van der Waals surface area contributed by atoms with Gasteiger partial charge in [0.2, 0.25) is 5.91 Å². The Hall–Kier alpha value is -0.530. The zero-order valence-electron chi connectivity index (χ0n) is 10.2. The summed E-state index contributed by atoms with van der Waals surface area (Å²) in [5.41, 5.74) is 0.209. The Morgan fingerprint density at radius 3 is 1.95 bits per heavy atom. The van der Waals surface area contributed by atoms with E-state index in [2.05, 4.69) is 11.9 Å². The first-order chi connectivity index (χ1) is 8.33. The van der Waals surface area contributed by atoms with Gasteiger partial charge in [-0.3, -0.25) is 13.9 Å². The number of hydrogen-bond acceptors (Lipinski definition) is 4. The summed E-state index contributed by atoms with van der Waals surface area (Å²) >= 11 is 0. The third kappa shape index (κ3) is 4.81. The molecule has 0 rings (SSSR count). The van der Waals surface area contributed by atoms with Gasteiger partial charge in [-0.05, 0) is 13.3 Å². The Morgan fingerprint density at radius 2 is 1.63 bits per heavy atom. The summed E-state index contributed by atoms with van der Waals surface area (Å²) in [6.45, 7) is 4.67. The molecule has 19 heavy (non-hydrogen) atoms. The van der Waals surface area contributed by atoms with Crippen molar-refractivity contribution in [3.63, 3.8) is 0 Å². The first-order valence-corrected chi connectivity index (χ1v) is 8.33. The molecule has 0 aliphatic rings. The maximum atomic E-state index is 11.1. The number of nitrogens with one attached hydrogen (secondary N) is 1. The standard InChI is InChI=1S/C8H17NO8P2/c1-6(2)7(10)9-5-3-4-8(11,18(12,13)14)19(15,16)17/h11H,1,3-5H2,2H3,(H,9,10)(H2,12,13,14)(H2,15,16,17). The SMILES string of the molecule is C=C(C)C(=O)NCCCC(O)(P(=O)(O)O)P(=O)(O)O. The van der Waals surface area contributed by atoms with Gasteiger partial charge in [-0.1, -0.05) is 6.58 Å². The average Bonchev–Trinajstić information content (AvgIpc) is 2.20. The molecule has 0 aromatic rings. The second-order valence-electron chi connectivity index (χ2n) is 4.00. The highest BCUT2D eigenvalue weighted by molar-refractivity contribution is 7.72. The van der Waals surface area contributed by atoms with E-state index in [1.807, 2.05) is 0 Å². The van der Waals surface area contributed by atoms with Gasteiger partial charge in [-0.15, -0.1) is 0 Å². The van der Waals surface area contributed by atoms with E-state index in [0.29, 0.717) is 0 Å². The lowest BCUT2D eigenvalue weighted by Gasteiger charge is -2.29. The predicted molar refractivity (Wildman–Crippen MR) is 66.1 cm³/mol. The summed E-state index contributed by atoms with van der Waals surface area (Å²) in [6.07, 6.45) is -1.09. The van der Waals surface area contributed by atoms with E-state index in [1.165, 1.54) is 6.92 Å². The summed E-state index contributed by atoms with van der Waals surface area (Å²) in [6, 6.07) is 0. The smallest absolute Gasteiger partial charge is 0.368 e. The highest BCUT2D eigenvalue weighted by Gasteiger charge is 2.58. The van der Waals surface area contributed by atoms with Crippen LogP contribution in [0.15, 0.2) is 12.2 Å². The van der Waals surface area contributed by atoms with Crippen LogP contribution in [0.2, 0.25) is 0 Å². The highest BCUT2D eigenvalue weighted by Crippen LogP contribution is 2.69. The molecule has 0 aromatic heterocycles. The number of hydrogen-bond donors (Lipinski definition) is 6. The zero-order valence-corrected chi connectivity index (χ0v) is 12.0. The second kappa shape index (κ2) is 6.28. The Bertz CT molecular complexity index is 428. The minimum Gasteiger partial charge on any atom is -0.368 e. The molecule has 0 heterocycles. The molecule has 1 amide bonds. The Kier molecular flexibility index (Phi) is 6.10. The van der Waals surface area contributed by atoms with Gasteiger partial charge in [0.25, 0.3) is 5.08 Å². The van der Waals surface area contributed by atoms with Gasteiger partial charge >= 0.3 is 15.2 Å². The molecule has 0 saturated heterocycles. The molecule has 0 bridgehead atoms. The number of rotatable bonds is 7. The van der Waals surface area contributed by atoms with Crippen LogP contribution in [0.25, 0.3) is 0 Å². The Morgan fingerprint density at radius 1 is 1.21 bits per heavy atom. The summed E-state index contributed by atoms with van der Waals surface area (Å²) in [7, 11) is -10.9. The number of aliphatic hydroxyl groups is 1. The minimum absolute atomic E-state index is 0.117. The van der Waals surface area contributed by atoms with Gasteiger partial charge in [0.1, 0.15) is 0 Å². The largest absolute Gasteiger partial charge is 0.369 e. The molecule has 0 aromatic carbocycles. The van der Waals surface area contributed by atoms with Crippen molar-refractivity contribution in [2.75, 3.05) is 6.54 Å². The number of carbonyl (C=O) groups excluding carboxylic acids is 1. The molecule has 0 aliphatic carbocycles. The lowest BCUT2D eigenvalue weighted by Crippen LogP contribution is -2.31. The van der Waals surface area contributed by atoms with E-state index < -0.39 is 32.6 Å². The highest BCUT2D eigenvalue weighted by atomic mass is 31.2. The molecule has 9 nitrogen and oxygen atoms in total. The molecule has 0 saturated carbocycles. The third-order valence-electron chi connectivity index (χ3n) is 2.30. The van der Waals surface area contributed by atoms with Gasteiger partial charge in [-0.25, -0.2) is 0 Å². The molecular formula is C8H17NO8P2. The summed E-state index contributed by atoms with van der Waals surface area (Å²) in [5, 5.41) is 8.37. The van der Waals surface area contributed by atoms with Crippen LogP contribution in [0.1, 0.15) is 19.8 Å². The summed E-state index contributed by atoms with van der Waals surface area (Å²) < 4.78 is 22.0. The van der Waals surface area contributed by atoms with E-state index >= 15 is 0 Å². The monoisotopic (exact) mass is 317 g/mol. The van der Waals surface area contributed by atoms with Crippen molar-refractivity contribution in [2.45, 2.75) is 24.8 Å². The van der Waals surface area contributed by atoms with Gasteiger partial charge in [0.05, 0.1) is 0 Å².